The van der Waals surface area contributed by atoms with E-state index in [4.69, 9.17) is 5.73 Å². The van der Waals surface area contributed by atoms with Crippen molar-refractivity contribution in [3.63, 3.8) is 0 Å². The first kappa shape index (κ1) is 16.9. The van der Waals surface area contributed by atoms with Crippen LogP contribution in [0.15, 0.2) is 0 Å². The van der Waals surface area contributed by atoms with Gasteiger partial charge in [0, 0.05) is 18.1 Å². The molecule has 0 heterocycles. The molecule has 1 saturated carbocycles. The minimum Gasteiger partial charge on any atom is -0.394 e. The number of rotatable bonds is 9. The number of aliphatic hydroxyl groups is 1. The Labute approximate surface area is 119 Å². The predicted molar refractivity (Wildman–Crippen MR) is 82.2 cm³/mol. The van der Waals surface area contributed by atoms with Crippen molar-refractivity contribution in [2.75, 3.05) is 19.7 Å². The molecule has 1 fully saturated rings. The molecule has 19 heavy (non-hydrogen) atoms. The summed E-state index contributed by atoms with van der Waals surface area (Å²) in [6.07, 6.45) is 8.42. The van der Waals surface area contributed by atoms with Gasteiger partial charge in [0.2, 0.25) is 0 Å². The van der Waals surface area contributed by atoms with E-state index in [-0.39, 0.29) is 12.1 Å². The summed E-state index contributed by atoms with van der Waals surface area (Å²) >= 11 is 0. The van der Waals surface area contributed by atoms with Crippen molar-refractivity contribution in [3.05, 3.63) is 0 Å². The maximum absolute atomic E-state index is 9.37. The van der Waals surface area contributed by atoms with Crippen LogP contribution >= 0.6 is 0 Å². The molecule has 1 unspecified atom stereocenters. The van der Waals surface area contributed by atoms with E-state index in [9.17, 15) is 5.11 Å². The minimum atomic E-state index is -0.362. The van der Waals surface area contributed by atoms with Crippen LogP contribution in [-0.4, -0.2) is 41.3 Å². The standard InChI is InChI=1S/C16H34N2O/c1-4-16(17,13-19)10-7-11-18(12-14(2)3)15-8-5-6-9-15/h14-15,19H,4-13,17H2,1-3H3. The van der Waals surface area contributed by atoms with E-state index in [0.29, 0.717) is 0 Å². The Kier molecular flexibility index (Phi) is 7.33. The molecule has 0 aromatic rings. The second-order valence-electron chi connectivity index (χ2n) is 6.80. The first-order valence-electron chi connectivity index (χ1n) is 8.14. The van der Waals surface area contributed by atoms with Gasteiger partial charge in [-0.3, -0.25) is 0 Å². The van der Waals surface area contributed by atoms with Crippen molar-refractivity contribution in [1.82, 2.24) is 4.90 Å². The summed E-state index contributed by atoms with van der Waals surface area (Å²) in [7, 11) is 0. The van der Waals surface area contributed by atoms with Gasteiger partial charge < -0.3 is 15.7 Å². The van der Waals surface area contributed by atoms with E-state index in [1.54, 1.807) is 0 Å². The highest BCUT2D eigenvalue weighted by molar-refractivity contribution is 4.83. The summed E-state index contributed by atoms with van der Waals surface area (Å²) in [5.41, 5.74) is 5.81. The van der Waals surface area contributed by atoms with Crippen molar-refractivity contribution in [3.8, 4) is 0 Å². The van der Waals surface area contributed by atoms with Gasteiger partial charge in [0.25, 0.3) is 0 Å². The molecule has 0 aromatic carbocycles. The number of aliphatic hydroxyl groups excluding tert-OH is 1. The minimum absolute atomic E-state index is 0.108. The number of hydrogen-bond acceptors (Lipinski definition) is 3. The summed E-state index contributed by atoms with van der Waals surface area (Å²) < 4.78 is 0. The molecule has 0 bridgehead atoms. The fraction of sp³-hybridized carbons (Fsp3) is 1.00. The van der Waals surface area contributed by atoms with E-state index >= 15 is 0 Å². The van der Waals surface area contributed by atoms with Crippen LogP contribution in [0, 0.1) is 5.92 Å². The average Bonchev–Trinajstić information content (AvgIpc) is 2.90. The molecule has 0 aliphatic heterocycles. The zero-order valence-electron chi connectivity index (χ0n) is 13.2. The highest BCUT2D eigenvalue weighted by Gasteiger charge is 2.25. The largest absolute Gasteiger partial charge is 0.394 e. The third kappa shape index (κ3) is 5.80. The van der Waals surface area contributed by atoms with E-state index in [1.165, 1.54) is 32.2 Å². The van der Waals surface area contributed by atoms with E-state index in [1.807, 2.05) is 0 Å². The van der Waals surface area contributed by atoms with Crippen LogP contribution in [-0.2, 0) is 0 Å². The summed E-state index contributed by atoms with van der Waals surface area (Å²) in [6.45, 7) is 9.12. The number of hydrogen-bond donors (Lipinski definition) is 2. The van der Waals surface area contributed by atoms with Crippen molar-refractivity contribution in [1.29, 1.82) is 0 Å². The van der Waals surface area contributed by atoms with Gasteiger partial charge in [0.15, 0.2) is 0 Å². The normalized spacial score (nSPS) is 20.4. The molecule has 1 aliphatic carbocycles. The van der Waals surface area contributed by atoms with Gasteiger partial charge in [0.05, 0.1) is 6.61 Å². The third-order valence-electron chi connectivity index (χ3n) is 4.58. The molecule has 0 saturated heterocycles. The van der Waals surface area contributed by atoms with Crippen molar-refractivity contribution in [2.45, 2.75) is 77.3 Å². The Morgan fingerprint density at radius 1 is 1.32 bits per heavy atom. The zero-order chi connectivity index (χ0) is 14.3. The highest BCUT2D eigenvalue weighted by Crippen LogP contribution is 2.25. The molecule has 0 spiro atoms. The average molecular weight is 270 g/mol. The lowest BCUT2D eigenvalue weighted by Crippen LogP contribution is -2.44. The van der Waals surface area contributed by atoms with Crippen LogP contribution in [0.5, 0.6) is 0 Å². The lowest BCUT2D eigenvalue weighted by molar-refractivity contribution is 0.149. The Balaban J connectivity index is 2.39. The van der Waals surface area contributed by atoms with Crippen molar-refractivity contribution < 1.29 is 5.11 Å². The molecule has 1 aliphatic rings. The third-order valence-corrected chi connectivity index (χ3v) is 4.58. The molecule has 0 aromatic heterocycles. The van der Waals surface area contributed by atoms with Gasteiger partial charge in [-0.15, -0.1) is 0 Å². The van der Waals surface area contributed by atoms with Crippen LogP contribution in [0.25, 0.3) is 0 Å². The molecule has 3 N–H and O–H groups in total. The Bertz CT molecular complexity index is 233. The monoisotopic (exact) mass is 270 g/mol. The van der Waals surface area contributed by atoms with Crippen LogP contribution in [0.1, 0.15) is 65.7 Å². The van der Waals surface area contributed by atoms with Gasteiger partial charge in [-0.25, -0.2) is 0 Å². The molecule has 114 valence electrons. The van der Waals surface area contributed by atoms with Crippen molar-refractivity contribution >= 4 is 0 Å². The van der Waals surface area contributed by atoms with E-state index in [0.717, 1.165) is 37.8 Å². The molecular weight excluding hydrogens is 236 g/mol. The quantitative estimate of drug-likeness (QED) is 0.677. The van der Waals surface area contributed by atoms with Gasteiger partial charge in [-0.2, -0.15) is 0 Å². The molecule has 0 amide bonds. The Morgan fingerprint density at radius 2 is 1.95 bits per heavy atom. The summed E-state index contributed by atoms with van der Waals surface area (Å²) in [4.78, 5) is 2.67. The lowest BCUT2D eigenvalue weighted by Gasteiger charge is -2.32. The van der Waals surface area contributed by atoms with Gasteiger partial charge in [-0.1, -0.05) is 33.6 Å². The van der Waals surface area contributed by atoms with E-state index in [2.05, 4.69) is 25.7 Å². The van der Waals surface area contributed by atoms with E-state index < -0.39 is 0 Å². The maximum atomic E-state index is 9.37. The zero-order valence-corrected chi connectivity index (χ0v) is 13.2. The van der Waals surface area contributed by atoms with Gasteiger partial charge in [0.1, 0.15) is 0 Å². The SMILES string of the molecule is CCC(N)(CO)CCCN(CC(C)C)C1CCCC1. The lowest BCUT2D eigenvalue weighted by atomic mass is 9.92. The van der Waals surface area contributed by atoms with Crippen LogP contribution in [0.3, 0.4) is 0 Å². The smallest absolute Gasteiger partial charge is 0.0611 e. The second-order valence-corrected chi connectivity index (χ2v) is 6.80. The molecular formula is C16H34N2O. The molecule has 1 rings (SSSR count). The number of nitrogens with two attached hydrogens (primary N) is 1. The Morgan fingerprint density at radius 3 is 2.42 bits per heavy atom. The predicted octanol–water partition coefficient (Wildman–Crippen LogP) is 2.77. The fourth-order valence-corrected chi connectivity index (χ4v) is 3.16. The fourth-order valence-electron chi connectivity index (χ4n) is 3.16. The molecule has 3 heteroatoms. The second kappa shape index (κ2) is 8.23. The summed E-state index contributed by atoms with van der Waals surface area (Å²) in [5.74, 6) is 0.729. The van der Waals surface area contributed by atoms with Crippen LogP contribution < -0.4 is 5.73 Å². The van der Waals surface area contributed by atoms with Crippen LogP contribution in [0.4, 0.5) is 0 Å². The number of nitrogens with zero attached hydrogens (tertiary/aromatic N) is 1. The first-order valence-corrected chi connectivity index (χ1v) is 8.14. The molecule has 3 nitrogen and oxygen atoms in total. The topological polar surface area (TPSA) is 49.5 Å². The summed E-state index contributed by atoms with van der Waals surface area (Å²) in [5, 5.41) is 9.37. The Hall–Kier alpha value is -0.120. The summed E-state index contributed by atoms with van der Waals surface area (Å²) in [6, 6.07) is 0.797. The van der Waals surface area contributed by atoms with Gasteiger partial charge >= 0.3 is 0 Å². The highest BCUT2D eigenvalue weighted by atomic mass is 16.3. The molecule has 1 atom stereocenters. The van der Waals surface area contributed by atoms with Gasteiger partial charge in [-0.05, 0) is 44.6 Å². The maximum Gasteiger partial charge on any atom is 0.0611 e. The first-order chi connectivity index (χ1) is 9.00. The van der Waals surface area contributed by atoms with Crippen LogP contribution in [0.2, 0.25) is 0 Å². The van der Waals surface area contributed by atoms with Crippen molar-refractivity contribution in [2.24, 2.45) is 11.7 Å². The molecule has 0 radical (unpaired) electrons.